The highest BCUT2D eigenvalue weighted by atomic mass is 16.5. The molecule has 0 bridgehead atoms. The first-order valence-electron chi connectivity index (χ1n) is 8.95. The third-order valence-electron chi connectivity index (χ3n) is 4.38. The average Bonchev–Trinajstić information content (AvgIpc) is 2.62. The summed E-state index contributed by atoms with van der Waals surface area (Å²) in [5, 5.41) is 0. The van der Waals surface area contributed by atoms with E-state index < -0.39 is 0 Å². The van der Waals surface area contributed by atoms with E-state index in [1.54, 1.807) is 18.2 Å². The van der Waals surface area contributed by atoms with Gasteiger partial charge in [0.05, 0.1) is 5.92 Å². The minimum absolute atomic E-state index is 0.0255. The van der Waals surface area contributed by atoms with E-state index in [2.05, 4.69) is 25.7 Å². The predicted octanol–water partition coefficient (Wildman–Crippen LogP) is 5.32. The van der Waals surface area contributed by atoms with Gasteiger partial charge in [0.2, 0.25) is 0 Å². The smallest absolute Gasteiger partial charge is 0.314 e. The zero-order valence-electron chi connectivity index (χ0n) is 14.6. The topological polar surface area (TPSA) is 35.5 Å². The monoisotopic (exact) mass is 328 g/mol. The number of ether oxygens (including phenoxy) is 2. The lowest BCUT2D eigenvalue weighted by Gasteiger charge is -2.25. The van der Waals surface area contributed by atoms with Crippen molar-refractivity contribution in [1.82, 2.24) is 0 Å². The van der Waals surface area contributed by atoms with Gasteiger partial charge in [-0.25, -0.2) is 0 Å². The third-order valence-corrected chi connectivity index (χ3v) is 4.38. The summed E-state index contributed by atoms with van der Waals surface area (Å²) in [5.74, 6) is 1.87. The number of allylic oxidation sites excluding steroid dienone is 2. The van der Waals surface area contributed by atoms with Gasteiger partial charge >= 0.3 is 5.97 Å². The molecule has 0 aromatic heterocycles. The van der Waals surface area contributed by atoms with Crippen molar-refractivity contribution in [3.05, 3.63) is 49.1 Å². The Bertz CT molecular complexity index is 537. The van der Waals surface area contributed by atoms with Gasteiger partial charge < -0.3 is 9.47 Å². The van der Waals surface area contributed by atoms with Gasteiger partial charge in [-0.3, -0.25) is 4.79 Å². The van der Waals surface area contributed by atoms with E-state index in [4.69, 9.17) is 9.47 Å². The number of carbonyl (C=O) groups excluding carboxylic acids is 1. The molecule has 0 aliphatic heterocycles. The van der Waals surface area contributed by atoms with Crippen LogP contribution in [0.1, 0.15) is 45.4 Å². The van der Waals surface area contributed by atoms with E-state index >= 15 is 0 Å². The maximum atomic E-state index is 12.3. The Balaban J connectivity index is 1.78. The Hall–Kier alpha value is -2.03. The van der Waals surface area contributed by atoms with Crippen molar-refractivity contribution in [2.45, 2.75) is 45.4 Å². The van der Waals surface area contributed by atoms with Crippen LogP contribution in [-0.4, -0.2) is 12.6 Å². The molecule has 0 spiro atoms. The van der Waals surface area contributed by atoms with E-state index in [9.17, 15) is 4.79 Å². The Morgan fingerprint density at radius 2 is 1.83 bits per heavy atom. The molecule has 24 heavy (non-hydrogen) atoms. The summed E-state index contributed by atoms with van der Waals surface area (Å²) in [4.78, 5) is 12.3. The van der Waals surface area contributed by atoms with Gasteiger partial charge in [0.15, 0.2) is 0 Å². The molecule has 1 aromatic carbocycles. The first kappa shape index (κ1) is 18.3. The fourth-order valence-corrected chi connectivity index (χ4v) is 2.96. The Kier molecular flexibility index (Phi) is 7.60. The molecule has 1 aromatic rings. The minimum atomic E-state index is -0.106. The van der Waals surface area contributed by atoms with Crippen LogP contribution in [0.3, 0.4) is 0 Å². The van der Waals surface area contributed by atoms with E-state index in [-0.39, 0.29) is 11.9 Å². The van der Waals surface area contributed by atoms with E-state index in [1.165, 1.54) is 6.42 Å². The van der Waals surface area contributed by atoms with Gasteiger partial charge in [-0.15, -0.1) is 0 Å². The SMILES string of the molecule is C=CCOc1ccc(OC(=O)C2CCC(C=CCCC)CC2)cc1. The lowest BCUT2D eigenvalue weighted by molar-refractivity contribution is -0.140. The van der Waals surface area contributed by atoms with Gasteiger partial charge in [-0.05, 0) is 62.3 Å². The maximum Gasteiger partial charge on any atom is 0.314 e. The highest BCUT2D eigenvalue weighted by Gasteiger charge is 2.26. The predicted molar refractivity (Wildman–Crippen MR) is 97.3 cm³/mol. The maximum absolute atomic E-state index is 12.3. The van der Waals surface area contributed by atoms with Crippen LogP contribution < -0.4 is 9.47 Å². The molecule has 0 unspecified atom stereocenters. The second-order valence-corrected chi connectivity index (χ2v) is 6.32. The molecule has 1 aliphatic carbocycles. The quantitative estimate of drug-likeness (QED) is 0.368. The highest BCUT2D eigenvalue weighted by Crippen LogP contribution is 2.31. The van der Waals surface area contributed by atoms with Crippen molar-refractivity contribution in [3.8, 4) is 11.5 Å². The molecule has 2 rings (SSSR count). The Labute approximate surface area is 145 Å². The second-order valence-electron chi connectivity index (χ2n) is 6.32. The second kappa shape index (κ2) is 9.96. The number of benzene rings is 1. The summed E-state index contributed by atoms with van der Waals surface area (Å²) >= 11 is 0. The van der Waals surface area contributed by atoms with Crippen molar-refractivity contribution in [2.75, 3.05) is 6.61 Å². The van der Waals surface area contributed by atoms with Crippen LogP contribution in [0.2, 0.25) is 0 Å². The average molecular weight is 328 g/mol. The van der Waals surface area contributed by atoms with Gasteiger partial charge in [0, 0.05) is 0 Å². The molecule has 0 amide bonds. The highest BCUT2D eigenvalue weighted by molar-refractivity contribution is 5.75. The lowest BCUT2D eigenvalue weighted by Crippen LogP contribution is -2.25. The Morgan fingerprint density at radius 3 is 2.46 bits per heavy atom. The standard InChI is InChI=1S/C21H28O3/c1-3-5-6-7-17-8-10-18(11-9-17)21(22)24-20-14-12-19(13-15-20)23-16-4-2/h4,6-7,12-15,17-18H,2-3,5,8-11,16H2,1H3. The van der Waals surface area contributed by atoms with Crippen LogP contribution in [0.4, 0.5) is 0 Å². The molecule has 1 fully saturated rings. The number of rotatable bonds is 8. The normalized spacial score (nSPS) is 20.7. The molecule has 0 N–H and O–H groups in total. The zero-order valence-corrected chi connectivity index (χ0v) is 14.6. The van der Waals surface area contributed by atoms with Gasteiger partial charge in [-0.1, -0.05) is 38.2 Å². The number of hydrogen-bond donors (Lipinski definition) is 0. The van der Waals surface area contributed by atoms with Crippen LogP contribution in [-0.2, 0) is 4.79 Å². The molecule has 3 nitrogen and oxygen atoms in total. The van der Waals surface area contributed by atoms with E-state index in [0.717, 1.165) is 37.9 Å². The van der Waals surface area contributed by atoms with Crippen molar-refractivity contribution < 1.29 is 14.3 Å². The molecular weight excluding hydrogens is 300 g/mol. The summed E-state index contributed by atoms with van der Waals surface area (Å²) < 4.78 is 10.9. The van der Waals surface area contributed by atoms with Crippen LogP contribution in [0.25, 0.3) is 0 Å². The Morgan fingerprint density at radius 1 is 1.17 bits per heavy atom. The van der Waals surface area contributed by atoms with Crippen molar-refractivity contribution >= 4 is 5.97 Å². The summed E-state index contributed by atoms with van der Waals surface area (Å²) in [5.41, 5.74) is 0. The fraction of sp³-hybridized carbons (Fsp3) is 0.476. The van der Waals surface area contributed by atoms with Gasteiger partial charge in [0.25, 0.3) is 0 Å². The molecule has 0 saturated heterocycles. The largest absolute Gasteiger partial charge is 0.490 e. The number of carbonyl (C=O) groups is 1. The summed E-state index contributed by atoms with van der Waals surface area (Å²) in [6.07, 6.45) is 12.6. The first-order valence-corrected chi connectivity index (χ1v) is 8.95. The molecule has 3 heteroatoms. The zero-order chi connectivity index (χ0) is 17.2. The molecule has 0 radical (unpaired) electrons. The van der Waals surface area contributed by atoms with Crippen molar-refractivity contribution in [2.24, 2.45) is 11.8 Å². The fourth-order valence-electron chi connectivity index (χ4n) is 2.96. The van der Waals surface area contributed by atoms with Crippen molar-refractivity contribution in [3.63, 3.8) is 0 Å². The molecule has 0 atom stereocenters. The molecule has 0 heterocycles. The van der Waals surface area contributed by atoms with Crippen LogP contribution in [0.15, 0.2) is 49.1 Å². The van der Waals surface area contributed by atoms with Crippen molar-refractivity contribution in [1.29, 1.82) is 0 Å². The third kappa shape index (κ3) is 5.88. The van der Waals surface area contributed by atoms with Gasteiger partial charge in [0.1, 0.15) is 18.1 Å². The minimum Gasteiger partial charge on any atom is -0.490 e. The molecule has 130 valence electrons. The molecule has 1 saturated carbocycles. The van der Waals surface area contributed by atoms with E-state index in [0.29, 0.717) is 18.3 Å². The number of esters is 1. The number of unbranched alkanes of at least 4 members (excludes halogenated alkanes) is 1. The lowest BCUT2D eigenvalue weighted by atomic mass is 9.82. The summed E-state index contributed by atoms with van der Waals surface area (Å²) in [6, 6.07) is 7.16. The summed E-state index contributed by atoms with van der Waals surface area (Å²) in [6.45, 7) is 6.27. The number of hydrogen-bond acceptors (Lipinski definition) is 3. The van der Waals surface area contributed by atoms with Crippen LogP contribution >= 0.6 is 0 Å². The molecule has 1 aliphatic rings. The van der Waals surface area contributed by atoms with Crippen LogP contribution in [0, 0.1) is 11.8 Å². The first-order chi connectivity index (χ1) is 11.7. The van der Waals surface area contributed by atoms with Crippen LogP contribution in [0.5, 0.6) is 11.5 Å². The molecular formula is C21H28O3. The van der Waals surface area contributed by atoms with Gasteiger partial charge in [-0.2, -0.15) is 0 Å². The van der Waals surface area contributed by atoms with E-state index in [1.807, 2.05) is 12.1 Å². The summed E-state index contributed by atoms with van der Waals surface area (Å²) in [7, 11) is 0.